The topological polar surface area (TPSA) is 90.1 Å². The van der Waals surface area contributed by atoms with Crippen LogP contribution in [0.25, 0.3) is 5.69 Å². The van der Waals surface area contributed by atoms with E-state index in [2.05, 4.69) is 10.4 Å². The van der Waals surface area contributed by atoms with Gasteiger partial charge >= 0.3 is 0 Å². The Hall–Kier alpha value is -3.55. The second-order valence-corrected chi connectivity index (χ2v) is 5.74. The molecule has 0 aliphatic rings. The van der Waals surface area contributed by atoms with E-state index in [9.17, 15) is 19.3 Å². The Kier molecular flexibility index (Phi) is 4.49. The van der Waals surface area contributed by atoms with E-state index in [1.54, 1.807) is 38.1 Å². The molecule has 3 rings (SSSR count). The molecule has 0 radical (unpaired) electrons. The lowest BCUT2D eigenvalue weighted by molar-refractivity contribution is -0.385. The number of carbonyl (C=O) groups excluding carboxylic acids is 1. The van der Waals surface area contributed by atoms with Crippen LogP contribution in [-0.4, -0.2) is 20.6 Å². The van der Waals surface area contributed by atoms with E-state index in [0.29, 0.717) is 28.2 Å². The van der Waals surface area contributed by atoms with Crippen LogP contribution in [0, 0.1) is 29.8 Å². The van der Waals surface area contributed by atoms with E-state index in [1.165, 1.54) is 29.1 Å². The van der Waals surface area contributed by atoms with Gasteiger partial charge in [-0.2, -0.15) is 5.10 Å². The molecule has 0 aliphatic carbocycles. The summed E-state index contributed by atoms with van der Waals surface area (Å²) in [5.74, 6) is -0.800. The Morgan fingerprint density at radius 3 is 2.54 bits per heavy atom. The number of nitrogens with one attached hydrogen (secondary N) is 1. The van der Waals surface area contributed by atoms with Crippen molar-refractivity contribution in [2.75, 3.05) is 5.32 Å². The zero-order valence-corrected chi connectivity index (χ0v) is 14.1. The average molecular weight is 354 g/mol. The molecule has 3 aromatic rings. The Labute approximate surface area is 148 Å². The highest BCUT2D eigenvalue weighted by Crippen LogP contribution is 2.23. The SMILES string of the molecule is Cc1ccc(NC(=O)c2cnn(-c3ccc(F)cc3)c2C)cc1[N+](=O)[O-]. The smallest absolute Gasteiger partial charge is 0.274 e. The van der Waals surface area contributed by atoms with Gasteiger partial charge in [0.15, 0.2) is 0 Å². The highest BCUT2D eigenvalue weighted by atomic mass is 19.1. The van der Waals surface area contributed by atoms with Crippen LogP contribution in [0.4, 0.5) is 15.8 Å². The summed E-state index contributed by atoms with van der Waals surface area (Å²) in [4.78, 5) is 23.0. The highest BCUT2D eigenvalue weighted by Gasteiger charge is 2.17. The molecule has 132 valence electrons. The van der Waals surface area contributed by atoms with Gasteiger partial charge < -0.3 is 5.32 Å². The quantitative estimate of drug-likeness (QED) is 0.570. The molecule has 7 nitrogen and oxygen atoms in total. The maximum atomic E-state index is 13.1. The van der Waals surface area contributed by atoms with Gasteiger partial charge in [-0.05, 0) is 44.2 Å². The zero-order valence-electron chi connectivity index (χ0n) is 14.1. The number of rotatable bonds is 4. The van der Waals surface area contributed by atoms with Crippen molar-refractivity contribution in [1.29, 1.82) is 0 Å². The predicted molar refractivity (Wildman–Crippen MR) is 94.0 cm³/mol. The summed E-state index contributed by atoms with van der Waals surface area (Å²) in [7, 11) is 0. The van der Waals surface area contributed by atoms with E-state index in [1.807, 2.05) is 0 Å². The molecule has 0 saturated carbocycles. The van der Waals surface area contributed by atoms with Gasteiger partial charge in [-0.1, -0.05) is 6.07 Å². The number of carbonyl (C=O) groups is 1. The Morgan fingerprint density at radius 2 is 1.88 bits per heavy atom. The fourth-order valence-corrected chi connectivity index (χ4v) is 2.56. The third kappa shape index (κ3) is 3.30. The molecule has 0 atom stereocenters. The number of aryl methyl sites for hydroxylation is 1. The van der Waals surface area contributed by atoms with Crippen LogP contribution in [-0.2, 0) is 0 Å². The number of amides is 1. The minimum Gasteiger partial charge on any atom is -0.322 e. The highest BCUT2D eigenvalue weighted by molar-refractivity contribution is 6.05. The molecule has 0 fully saturated rings. The Balaban J connectivity index is 1.86. The van der Waals surface area contributed by atoms with Crippen LogP contribution in [0.1, 0.15) is 21.6 Å². The second-order valence-electron chi connectivity index (χ2n) is 5.74. The van der Waals surface area contributed by atoms with Crippen molar-refractivity contribution < 1.29 is 14.1 Å². The molecule has 1 aromatic heterocycles. The van der Waals surface area contributed by atoms with Crippen molar-refractivity contribution in [3.05, 3.63) is 81.4 Å². The number of hydrogen-bond donors (Lipinski definition) is 1. The van der Waals surface area contributed by atoms with Crippen LogP contribution in [0.15, 0.2) is 48.7 Å². The van der Waals surface area contributed by atoms with Gasteiger partial charge in [0.2, 0.25) is 0 Å². The first-order chi connectivity index (χ1) is 12.4. The summed E-state index contributed by atoms with van der Waals surface area (Å²) >= 11 is 0. The lowest BCUT2D eigenvalue weighted by Gasteiger charge is -2.07. The second kappa shape index (κ2) is 6.75. The molecule has 2 aromatic carbocycles. The number of nitro benzene ring substituents is 1. The number of benzene rings is 2. The standard InChI is InChI=1S/C18H15FN4O3/c1-11-3-6-14(9-17(11)23(25)26)21-18(24)16-10-20-22(12(16)2)15-7-4-13(19)5-8-15/h3-10H,1-2H3,(H,21,24). The van der Waals surface area contributed by atoms with Gasteiger partial charge in [0, 0.05) is 17.3 Å². The third-order valence-electron chi connectivity index (χ3n) is 3.99. The van der Waals surface area contributed by atoms with Crippen molar-refractivity contribution in [3.8, 4) is 5.69 Å². The first-order valence-corrected chi connectivity index (χ1v) is 7.74. The van der Waals surface area contributed by atoms with Crippen LogP contribution >= 0.6 is 0 Å². The lowest BCUT2D eigenvalue weighted by atomic mass is 10.1. The summed E-state index contributed by atoms with van der Waals surface area (Å²) in [6.45, 7) is 3.34. The number of hydrogen-bond acceptors (Lipinski definition) is 4. The molecule has 1 amide bonds. The first kappa shape index (κ1) is 17.3. The fraction of sp³-hybridized carbons (Fsp3) is 0.111. The van der Waals surface area contributed by atoms with Crippen LogP contribution < -0.4 is 5.32 Å². The normalized spacial score (nSPS) is 10.6. The van der Waals surface area contributed by atoms with Gasteiger partial charge in [-0.3, -0.25) is 14.9 Å². The molecule has 8 heteroatoms. The summed E-state index contributed by atoms with van der Waals surface area (Å²) in [5, 5.41) is 17.8. The molecule has 0 aliphatic heterocycles. The summed E-state index contributed by atoms with van der Waals surface area (Å²) < 4.78 is 14.6. The van der Waals surface area contributed by atoms with E-state index >= 15 is 0 Å². The van der Waals surface area contributed by atoms with Gasteiger partial charge in [0.25, 0.3) is 11.6 Å². The van der Waals surface area contributed by atoms with E-state index < -0.39 is 10.8 Å². The summed E-state index contributed by atoms with van der Waals surface area (Å²) in [6, 6.07) is 10.2. The number of halogens is 1. The number of nitrogens with zero attached hydrogens (tertiary/aromatic N) is 3. The molecule has 1 heterocycles. The average Bonchev–Trinajstić information content (AvgIpc) is 2.98. The van der Waals surface area contributed by atoms with E-state index in [-0.39, 0.29) is 11.5 Å². The molecule has 0 bridgehead atoms. The predicted octanol–water partition coefficient (Wildman–Crippen LogP) is 3.79. The van der Waals surface area contributed by atoms with Crippen LogP contribution in [0.5, 0.6) is 0 Å². The minimum atomic E-state index is -0.497. The molecule has 0 saturated heterocycles. The van der Waals surface area contributed by atoms with Crippen molar-refractivity contribution in [1.82, 2.24) is 9.78 Å². The molecule has 1 N–H and O–H groups in total. The maximum Gasteiger partial charge on any atom is 0.274 e. The number of nitro groups is 1. The lowest BCUT2D eigenvalue weighted by Crippen LogP contribution is -2.13. The van der Waals surface area contributed by atoms with E-state index in [0.717, 1.165) is 0 Å². The fourth-order valence-electron chi connectivity index (χ4n) is 2.56. The Bertz CT molecular complexity index is 996. The monoisotopic (exact) mass is 354 g/mol. The summed E-state index contributed by atoms with van der Waals surface area (Å²) in [5.41, 5.74) is 2.26. The van der Waals surface area contributed by atoms with Crippen molar-refractivity contribution >= 4 is 17.3 Å². The molecule has 0 spiro atoms. The number of aromatic nitrogens is 2. The third-order valence-corrected chi connectivity index (χ3v) is 3.99. The van der Waals surface area contributed by atoms with Crippen molar-refractivity contribution in [2.24, 2.45) is 0 Å². The minimum absolute atomic E-state index is 0.0680. The van der Waals surface area contributed by atoms with Crippen molar-refractivity contribution in [3.63, 3.8) is 0 Å². The van der Waals surface area contributed by atoms with Gasteiger partial charge in [-0.25, -0.2) is 9.07 Å². The molecule has 26 heavy (non-hydrogen) atoms. The van der Waals surface area contributed by atoms with Crippen molar-refractivity contribution in [2.45, 2.75) is 13.8 Å². The van der Waals surface area contributed by atoms with Gasteiger partial charge in [0.1, 0.15) is 5.82 Å². The molecular weight excluding hydrogens is 339 g/mol. The van der Waals surface area contributed by atoms with Crippen LogP contribution in [0.2, 0.25) is 0 Å². The van der Waals surface area contributed by atoms with Crippen LogP contribution in [0.3, 0.4) is 0 Å². The van der Waals surface area contributed by atoms with Gasteiger partial charge in [-0.15, -0.1) is 0 Å². The molecule has 0 unspecified atom stereocenters. The largest absolute Gasteiger partial charge is 0.322 e. The maximum absolute atomic E-state index is 13.1. The summed E-state index contributed by atoms with van der Waals surface area (Å²) in [6.07, 6.45) is 1.40. The zero-order chi connectivity index (χ0) is 18.8. The van der Waals surface area contributed by atoms with E-state index in [4.69, 9.17) is 0 Å². The van der Waals surface area contributed by atoms with Gasteiger partial charge in [0.05, 0.1) is 28.1 Å². The molecular formula is C18H15FN4O3. The first-order valence-electron chi connectivity index (χ1n) is 7.74. The number of anilines is 1. The Morgan fingerprint density at radius 1 is 1.19 bits per heavy atom.